The number of esters is 1. The molecule has 1 aromatic carbocycles. The third kappa shape index (κ3) is 5.63. The Labute approximate surface area is 170 Å². The Morgan fingerprint density at radius 3 is 2.52 bits per heavy atom. The quantitative estimate of drug-likeness (QED) is 0.598. The predicted molar refractivity (Wildman–Crippen MR) is 105 cm³/mol. The summed E-state index contributed by atoms with van der Waals surface area (Å²) < 4.78 is 5.11. The zero-order chi connectivity index (χ0) is 21.6. The molecule has 29 heavy (non-hydrogen) atoms. The van der Waals surface area contributed by atoms with Crippen LogP contribution in [0.1, 0.15) is 39.2 Å². The lowest BCUT2D eigenvalue weighted by atomic mass is 10.0. The summed E-state index contributed by atoms with van der Waals surface area (Å²) in [6.07, 6.45) is 1.07. The molecule has 2 N–H and O–H groups in total. The fraction of sp³-hybridized carbons (Fsp3) is 0.524. The second-order valence-electron chi connectivity index (χ2n) is 7.25. The van der Waals surface area contributed by atoms with Gasteiger partial charge >= 0.3 is 11.9 Å². The third-order valence-electron chi connectivity index (χ3n) is 5.03. The SMILES string of the molecule is CCOC(=O)[C@H](CCc1ccccc1)N[C@@H](C)C(=O)N1C(=O)C(C)C[C@@H]1C(=O)O. The number of ether oxygens (including phenoxy) is 1. The summed E-state index contributed by atoms with van der Waals surface area (Å²) >= 11 is 0. The van der Waals surface area contributed by atoms with E-state index in [1.165, 1.54) is 6.92 Å². The Kier molecular flexibility index (Phi) is 7.90. The zero-order valence-corrected chi connectivity index (χ0v) is 17.0. The molecular weight excluding hydrogens is 376 g/mol. The molecule has 0 aliphatic carbocycles. The van der Waals surface area contributed by atoms with Crippen LogP contribution in [0.4, 0.5) is 0 Å². The number of carboxylic acids is 1. The molecule has 8 heteroatoms. The molecule has 8 nitrogen and oxygen atoms in total. The molecule has 0 aromatic heterocycles. The van der Waals surface area contributed by atoms with Gasteiger partial charge in [0, 0.05) is 5.92 Å². The minimum atomic E-state index is -1.21. The molecule has 2 amide bonds. The maximum atomic E-state index is 12.8. The van der Waals surface area contributed by atoms with Gasteiger partial charge in [0.1, 0.15) is 12.1 Å². The van der Waals surface area contributed by atoms with Gasteiger partial charge in [-0.3, -0.25) is 24.6 Å². The van der Waals surface area contributed by atoms with Crippen molar-refractivity contribution in [3.8, 4) is 0 Å². The normalized spacial score (nSPS) is 20.9. The number of nitrogens with one attached hydrogen (secondary N) is 1. The molecule has 1 saturated heterocycles. The van der Waals surface area contributed by atoms with Crippen LogP contribution in [0.2, 0.25) is 0 Å². The van der Waals surface area contributed by atoms with E-state index < -0.39 is 47.8 Å². The van der Waals surface area contributed by atoms with Crippen molar-refractivity contribution in [3.05, 3.63) is 35.9 Å². The number of carbonyl (C=O) groups excluding carboxylic acids is 3. The molecule has 1 aliphatic heterocycles. The Morgan fingerprint density at radius 2 is 1.93 bits per heavy atom. The number of amides is 2. The van der Waals surface area contributed by atoms with Gasteiger partial charge in [-0.2, -0.15) is 0 Å². The summed E-state index contributed by atoms with van der Waals surface area (Å²) in [5.74, 6) is -3.40. The molecule has 4 atom stereocenters. The molecule has 2 rings (SSSR count). The van der Waals surface area contributed by atoms with Gasteiger partial charge in [0.2, 0.25) is 11.8 Å². The second-order valence-corrected chi connectivity index (χ2v) is 7.25. The molecule has 1 fully saturated rings. The monoisotopic (exact) mass is 404 g/mol. The average molecular weight is 404 g/mol. The molecule has 0 spiro atoms. The van der Waals surface area contributed by atoms with Gasteiger partial charge in [-0.15, -0.1) is 0 Å². The van der Waals surface area contributed by atoms with Crippen molar-refractivity contribution in [1.82, 2.24) is 10.2 Å². The summed E-state index contributed by atoms with van der Waals surface area (Å²) in [6, 6.07) is 6.74. The molecule has 1 unspecified atom stereocenters. The molecule has 0 radical (unpaired) electrons. The van der Waals surface area contributed by atoms with Crippen LogP contribution in [0, 0.1) is 5.92 Å². The van der Waals surface area contributed by atoms with Crippen LogP contribution in [0.3, 0.4) is 0 Å². The smallest absolute Gasteiger partial charge is 0.326 e. The van der Waals surface area contributed by atoms with E-state index in [2.05, 4.69) is 5.32 Å². The van der Waals surface area contributed by atoms with E-state index >= 15 is 0 Å². The lowest BCUT2D eigenvalue weighted by molar-refractivity contribution is -0.155. The van der Waals surface area contributed by atoms with Crippen molar-refractivity contribution >= 4 is 23.8 Å². The van der Waals surface area contributed by atoms with E-state index in [-0.39, 0.29) is 13.0 Å². The van der Waals surface area contributed by atoms with Crippen molar-refractivity contribution in [2.75, 3.05) is 6.61 Å². The molecule has 1 heterocycles. The van der Waals surface area contributed by atoms with Crippen molar-refractivity contribution in [1.29, 1.82) is 0 Å². The summed E-state index contributed by atoms with van der Waals surface area (Å²) in [5.41, 5.74) is 1.04. The minimum Gasteiger partial charge on any atom is -0.480 e. The van der Waals surface area contributed by atoms with Crippen LogP contribution < -0.4 is 5.32 Å². The van der Waals surface area contributed by atoms with E-state index in [0.717, 1.165) is 10.5 Å². The van der Waals surface area contributed by atoms with Gasteiger partial charge in [0.25, 0.3) is 0 Å². The molecule has 0 saturated carbocycles. The fourth-order valence-electron chi connectivity index (χ4n) is 3.46. The molecule has 0 bridgehead atoms. The van der Waals surface area contributed by atoms with Gasteiger partial charge in [0.15, 0.2) is 0 Å². The number of benzene rings is 1. The number of carbonyl (C=O) groups is 4. The van der Waals surface area contributed by atoms with Crippen LogP contribution in [0.15, 0.2) is 30.3 Å². The minimum absolute atomic E-state index is 0.0853. The number of carboxylic acid groups (broad SMARTS) is 1. The van der Waals surface area contributed by atoms with Crippen LogP contribution in [0.25, 0.3) is 0 Å². The number of aryl methyl sites for hydroxylation is 1. The Bertz CT molecular complexity index is 751. The molecule has 1 aliphatic rings. The largest absolute Gasteiger partial charge is 0.480 e. The van der Waals surface area contributed by atoms with E-state index in [1.807, 2.05) is 30.3 Å². The number of hydrogen-bond donors (Lipinski definition) is 2. The number of rotatable bonds is 9. The van der Waals surface area contributed by atoms with Crippen LogP contribution in [-0.4, -0.2) is 58.5 Å². The van der Waals surface area contributed by atoms with Crippen molar-refractivity contribution in [2.24, 2.45) is 5.92 Å². The van der Waals surface area contributed by atoms with Gasteiger partial charge < -0.3 is 9.84 Å². The highest BCUT2D eigenvalue weighted by Gasteiger charge is 2.46. The standard InChI is InChI=1S/C21H28N2O6/c1-4-29-21(28)16(11-10-15-8-6-5-7-9-15)22-14(3)19(25)23-17(20(26)27)12-13(2)18(23)24/h5-9,13-14,16-17,22H,4,10-12H2,1-3H3,(H,26,27)/t13?,14-,16-,17+/m0/s1. The van der Waals surface area contributed by atoms with Gasteiger partial charge in [-0.05, 0) is 38.7 Å². The number of hydrogen-bond acceptors (Lipinski definition) is 6. The summed E-state index contributed by atoms with van der Waals surface area (Å²) in [5, 5.41) is 12.3. The second kappa shape index (κ2) is 10.2. The lowest BCUT2D eigenvalue weighted by Crippen LogP contribution is -2.54. The fourth-order valence-corrected chi connectivity index (χ4v) is 3.46. The van der Waals surface area contributed by atoms with E-state index in [9.17, 15) is 24.3 Å². The first-order valence-electron chi connectivity index (χ1n) is 9.82. The summed E-state index contributed by atoms with van der Waals surface area (Å²) in [4.78, 5) is 49.8. The average Bonchev–Trinajstić information content (AvgIpc) is 3.00. The number of imide groups is 1. The molecule has 158 valence electrons. The zero-order valence-electron chi connectivity index (χ0n) is 17.0. The van der Waals surface area contributed by atoms with Crippen molar-refractivity contribution < 1.29 is 29.0 Å². The van der Waals surface area contributed by atoms with Gasteiger partial charge in [-0.25, -0.2) is 4.79 Å². The van der Waals surface area contributed by atoms with Gasteiger partial charge in [0.05, 0.1) is 12.6 Å². The highest BCUT2D eigenvalue weighted by Crippen LogP contribution is 2.25. The summed E-state index contributed by atoms with van der Waals surface area (Å²) in [6.45, 7) is 5.02. The Hall–Kier alpha value is -2.74. The van der Waals surface area contributed by atoms with Crippen molar-refractivity contribution in [2.45, 2.75) is 58.2 Å². The number of likely N-dealkylation sites (tertiary alicyclic amines) is 1. The Morgan fingerprint density at radius 1 is 1.28 bits per heavy atom. The van der Waals surface area contributed by atoms with E-state index in [1.54, 1.807) is 13.8 Å². The van der Waals surface area contributed by atoms with E-state index in [4.69, 9.17) is 4.74 Å². The first-order chi connectivity index (χ1) is 13.8. The topological polar surface area (TPSA) is 113 Å². The summed E-state index contributed by atoms with van der Waals surface area (Å²) in [7, 11) is 0. The first-order valence-corrected chi connectivity index (χ1v) is 9.82. The maximum Gasteiger partial charge on any atom is 0.326 e. The highest BCUT2D eigenvalue weighted by atomic mass is 16.5. The van der Waals surface area contributed by atoms with Crippen LogP contribution in [-0.2, 0) is 30.3 Å². The number of aliphatic carboxylic acids is 1. The first kappa shape index (κ1) is 22.5. The predicted octanol–water partition coefficient (Wildman–Crippen LogP) is 1.38. The number of nitrogens with zero attached hydrogens (tertiary/aromatic N) is 1. The van der Waals surface area contributed by atoms with E-state index in [0.29, 0.717) is 12.8 Å². The van der Waals surface area contributed by atoms with Gasteiger partial charge in [-0.1, -0.05) is 37.3 Å². The Balaban J connectivity index is 2.09. The van der Waals surface area contributed by atoms with Crippen LogP contribution in [0.5, 0.6) is 0 Å². The van der Waals surface area contributed by atoms with Crippen LogP contribution >= 0.6 is 0 Å². The highest BCUT2D eigenvalue weighted by molar-refractivity contribution is 6.04. The maximum absolute atomic E-state index is 12.8. The molecule has 1 aromatic rings. The molecular formula is C21H28N2O6. The van der Waals surface area contributed by atoms with Crippen molar-refractivity contribution in [3.63, 3.8) is 0 Å². The lowest BCUT2D eigenvalue weighted by Gasteiger charge is -2.26. The third-order valence-corrected chi connectivity index (χ3v) is 5.03.